The van der Waals surface area contributed by atoms with Crippen LogP contribution in [0.1, 0.15) is 63.9 Å². The number of amides is 2. The second-order valence-electron chi connectivity index (χ2n) is 12.9. The monoisotopic (exact) mass is 1120 g/mol. The Morgan fingerprint density at radius 2 is 1.05 bits per heavy atom. The Balaban J connectivity index is 0.000000211. The molecule has 55 heavy (non-hydrogen) atoms. The van der Waals surface area contributed by atoms with E-state index in [2.05, 4.69) is 98.6 Å². The van der Waals surface area contributed by atoms with Crippen LogP contribution in [0.4, 0.5) is 40.3 Å². The lowest BCUT2D eigenvalue weighted by Crippen LogP contribution is -2.36. The van der Waals surface area contributed by atoms with Gasteiger partial charge in [0.15, 0.2) is 35.8 Å². The third-order valence-corrected chi connectivity index (χ3v) is 11.3. The minimum absolute atomic E-state index is 0.0194. The van der Waals surface area contributed by atoms with Crippen molar-refractivity contribution in [2.75, 3.05) is 10.6 Å². The van der Waals surface area contributed by atoms with Gasteiger partial charge in [-0.3, -0.25) is 9.59 Å². The van der Waals surface area contributed by atoms with Gasteiger partial charge in [0.1, 0.15) is 0 Å². The van der Waals surface area contributed by atoms with Crippen LogP contribution in [-0.4, -0.2) is 34.6 Å². The third-order valence-electron chi connectivity index (χ3n) is 8.83. The second kappa shape index (κ2) is 19.2. The van der Waals surface area contributed by atoms with Crippen LogP contribution in [0.25, 0.3) is 0 Å². The summed E-state index contributed by atoms with van der Waals surface area (Å²) in [7, 11) is 0. The molecule has 18 heteroatoms. The topological polar surface area (TPSA) is 141 Å². The normalized spacial score (nSPS) is 14.9. The Bertz CT molecular complexity index is 2090. The number of benzene rings is 4. The highest BCUT2D eigenvalue weighted by molar-refractivity contribution is 14.1. The molecular formula is C37H34Br2F4I2N4O6. The number of hydroxylamine groups is 2. The van der Waals surface area contributed by atoms with E-state index in [0.717, 1.165) is 62.5 Å². The van der Waals surface area contributed by atoms with Crippen molar-refractivity contribution in [1.29, 1.82) is 0 Å². The van der Waals surface area contributed by atoms with Gasteiger partial charge in [0.25, 0.3) is 11.8 Å². The number of aliphatic hydroxyl groups is 2. The minimum Gasteiger partial charge on any atom is -0.366 e. The number of carbonyl (C=O) groups is 2. The van der Waals surface area contributed by atoms with Crippen molar-refractivity contribution >= 4 is 112 Å². The summed E-state index contributed by atoms with van der Waals surface area (Å²) in [6, 6.07) is 13.1. The number of carbonyl (C=O) groups excluding carboxylic acids is 2. The number of hydrogen-bond donors (Lipinski definition) is 6. The van der Waals surface area contributed by atoms with E-state index in [0.29, 0.717) is 11.4 Å². The zero-order chi connectivity index (χ0) is 40.1. The molecule has 2 aliphatic rings. The van der Waals surface area contributed by atoms with Crippen LogP contribution in [0.15, 0.2) is 57.5 Å². The van der Waals surface area contributed by atoms with Crippen LogP contribution in [-0.2, 0) is 9.68 Å². The maximum absolute atomic E-state index is 14.6. The van der Waals surface area contributed by atoms with Crippen LogP contribution >= 0.6 is 77.0 Å². The van der Waals surface area contributed by atoms with Crippen molar-refractivity contribution in [3.63, 3.8) is 0 Å². The molecule has 6 rings (SSSR count). The first-order valence-corrected chi connectivity index (χ1v) is 20.5. The zero-order valence-electron chi connectivity index (χ0n) is 29.0. The molecule has 2 fully saturated rings. The summed E-state index contributed by atoms with van der Waals surface area (Å²) < 4.78 is 59.0. The van der Waals surface area contributed by atoms with E-state index in [1.54, 1.807) is 24.3 Å². The summed E-state index contributed by atoms with van der Waals surface area (Å²) in [5.41, 5.74) is 5.94. The lowest BCUT2D eigenvalue weighted by atomic mass is 9.85. The Hall–Kier alpha value is -2.60. The lowest BCUT2D eigenvalue weighted by molar-refractivity contribution is -0.178. The van der Waals surface area contributed by atoms with Gasteiger partial charge in [-0.1, -0.05) is 6.42 Å². The Kier molecular flexibility index (Phi) is 15.2. The van der Waals surface area contributed by atoms with Crippen LogP contribution in [0.5, 0.6) is 0 Å². The maximum atomic E-state index is 14.6. The fourth-order valence-corrected chi connectivity index (χ4v) is 7.33. The van der Waals surface area contributed by atoms with Gasteiger partial charge >= 0.3 is 0 Å². The molecule has 0 saturated heterocycles. The summed E-state index contributed by atoms with van der Waals surface area (Å²) in [6.45, 7) is 3.63. The van der Waals surface area contributed by atoms with Crippen molar-refractivity contribution in [3.05, 3.63) is 110 Å². The molecule has 6 N–H and O–H groups in total. The molecule has 0 aliphatic heterocycles. The van der Waals surface area contributed by atoms with E-state index < -0.39 is 47.7 Å². The van der Waals surface area contributed by atoms with E-state index >= 15 is 0 Å². The van der Waals surface area contributed by atoms with Gasteiger partial charge in [-0.05, 0) is 176 Å². The van der Waals surface area contributed by atoms with Gasteiger partial charge in [0.2, 0.25) is 0 Å². The van der Waals surface area contributed by atoms with Gasteiger partial charge in [-0.25, -0.2) is 38.2 Å². The number of aliphatic hydroxyl groups excluding tert-OH is 2. The number of halogens is 8. The van der Waals surface area contributed by atoms with E-state index in [9.17, 15) is 37.4 Å². The zero-order valence-corrected chi connectivity index (χ0v) is 36.5. The molecule has 10 nitrogen and oxygen atoms in total. The molecule has 0 aromatic heterocycles. The lowest BCUT2D eigenvalue weighted by Gasteiger charge is -2.29. The van der Waals surface area contributed by atoms with Gasteiger partial charge < -0.3 is 20.8 Å². The number of aryl methyl sites for hydroxylation is 2. The third kappa shape index (κ3) is 11.1. The molecule has 2 unspecified atom stereocenters. The molecule has 0 bridgehead atoms. The number of rotatable bonds is 12. The molecule has 0 radical (unpaired) electrons. The van der Waals surface area contributed by atoms with Crippen molar-refractivity contribution in [3.8, 4) is 0 Å². The van der Waals surface area contributed by atoms with Crippen LogP contribution < -0.4 is 21.6 Å². The van der Waals surface area contributed by atoms with Crippen molar-refractivity contribution in [2.24, 2.45) is 11.8 Å². The standard InChI is InChI=1S/C19H18BrF2IN2O3.C18H16BrF2IN2O3/c1-9-7-11(23)5-6-14(9)24-17-12(8-13(20)15(21)16(17)22)18(26)25-28-19(27)10-3-2-4-10;1-8-6-10(22)4-5-13(8)23-16-11(7-12(19)14(20)15(16)21)17(25)24-27-18(26)9-2-3-9/h5-8,10,19,24,27H,2-4H2,1H3,(H,25,26);4-7,9,18,23,26H,2-3H2,1H3,(H,24,25). The van der Waals surface area contributed by atoms with E-state index in [1.807, 2.05) is 26.0 Å². The highest BCUT2D eigenvalue weighted by atomic mass is 127. The summed E-state index contributed by atoms with van der Waals surface area (Å²) >= 11 is 10.1. The summed E-state index contributed by atoms with van der Waals surface area (Å²) in [5.74, 6) is -6.29. The number of anilines is 4. The largest absolute Gasteiger partial charge is 0.366 e. The molecule has 0 spiro atoms. The predicted molar refractivity (Wildman–Crippen MR) is 222 cm³/mol. The molecular weight excluding hydrogens is 1090 g/mol. The number of nitrogens with one attached hydrogen (secondary N) is 4. The molecule has 294 valence electrons. The summed E-state index contributed by atoms with van der Waals surface area (Å²) in [5, 5.41) is 25.2. The predicted octanol–water partition coefficient (Wildman–Crippen LogP) is 9.94. The average molecular weight is 1120 g/mol. The Morgan fingerprint density at radius 1 is 0.673 bits per heavy atom. The van der Waals surface area contributed by atoms with E-state index in [1.165, 1.54) is 0 Å². The highest BCUT2D eigenvalue weighted by Crippen LogP contribution is 2.36. The maximum Gasteiger partial charge on any atom is 0.277 e. The first kappa shape index (κ1) is 43.5. The Labute approximate surface area is 358 Å². The van der Waals surface area contributed by atoms with Crippen molar-refractivity contribution in [2.45, 2.75) is 58.5 Å². The molecule has 4 aromatic carbocycles. The quantitative estimate of drug-likeness (QED) is 0.0271. The van der Waals surface area contributed by atoms with E-state index in [-0.39, 0.29) is 43.3 Å². The SMILES string of the molecule is Cc1cc(I)ccc1Nc1c(C(=O)NOC(O)C2CC2)cc(Br)c(F)c1F.Cc1cc(I)ccc1Nc1c(C(=O)NOC(O)C2CCC2)cc(Br)c(F)c1F. The fraction of sp³-hybridized carbons (Fsp3) is 0.297. The molecule has 2 amide bonds. The highest BCUT2D eigenvalue weighted by Gasteiger charge is 2.32. The second-order valence-corrected chi connectivity index (χ2v) is 17.1. The Morgan fingerprint density at radius 3 is 1.38 bits per heavy atom. The van der Waals surface area contributed by atoms with E-state index in [4.69, 9.17) is 9.68 Å². The van der Waals surface area contributed by atoms with Gasteiger partial charge in [0, 0.05) is 30.4 Å². The van der Waals surface area contributed by atoms with Gasteiger partial charge in [-0.15, -0.1) is 0 Å². The van der Waals surface area contributed by atoms with Crippen molar-refractivity contribution < 1.29 is 47.0 Å². The summed E-state index contributed by atoms with van der Waals surface area (Å²) in [4.78, 5) is 35.0. The smallest absolute Gasteiger partial charge is 0.277 e. The van der Waals surface area contributed by atoms with Gasteiger partial charge in [0.05, 0.1) is 31.4 Å². The summed E-state index contributed by atoms with van der Waals surface area (Å²) in [6.07, 6.45) is 1.98. The number of hydrogen-bond acceptors (Lipinski definition) is 8. The van der Waals surface area contributed by atoms with Crippen molar-refractivity contribution in [1.82, 2.24) is 11.0 Å². The van der Waals surface area contributed by atoms with Crippen LogP contribution in [0.3, 0.4) is 0 Å². The average Bonchev–Trinajstić information content (AvgIpc) is 3.97. The molecule has 0 heterocycles. The first-order chi connectivity index (χ1) is 26.0. The molecule has 2 saturated carbocycles. The molecule has 4 aromatic rings. The fourth-order valence-electron chi connectivity index (χ4n) is 5.23. The first-order valence-electron chi connectivity index (χ1n) is 16.7. The minimum atomic E-state index is -1.20. The van der Waals surface area contributed by atoms with Crippen LogP contribution in [0.2, 0.25) is 0 Å². The molecule has 2 aliphatic carbocycles. The van der Waals surface area contributed by atoms with Crippen LogP contribution in [0, 0.1) is 56.1 Å². The van der Waals surface area contributed by atoms with Gasteiger partial charge in [-0.2, -0.15) is 0 Å². The molecule has 2 atom stereocenters.